The van der Waals surface area contributed by atoms with E-state index in [4.69, 9.17) is 21.1 Å². The monoisotopic (exact) mass is 579 g/mol. The fourth-order valence-electron chi connectivity index (χ4n) is 4.12. The van der Waals surface area contributed by atoms with Crippen LogP contribution in [0.5, 0.6) is 0 Å². The maximum absolute atomic E-state index is 12.6. The first-order valence-electron chi connectivity index (χ1n) is 12.9. The number of hydrogen-bond acceptors (Lipinski definition) is 10. The van der Waals surface area contributed by atoms with E-state index in [1.54, 1.807) is 36.1 Å². The number of carbonyl (C=O) groups is 6. The molecule has 1 saturated heterocycles. The van der Waals surface area contributed by atoms with Crippen molar-refractivity contribution in [2.75, 3.05) is 52.4 Å². The maximum atomic E-state index is 12.6. The number of nitrogens with zero attached hydrogens (tertiary/aromatic N) is 3. The van der Waals surface area contributed by atoms with E-state index in [2.05, 4.69) is 16.1 Å². The maximum Gasteiger partial charge on any atom is 0.317 e. The Bertz CT molecular complexity index is 1080. The highest BCUT2D eigenvalue weighted by molar-refractivity contribution is 5.96. The Morgan fingerprint density at radius 2 is 1.54 bits per heavy atom. The van der Waals surface area contributed by atoms with Crippen LogP contribution in [-0.4, -0.2) is 130 Å². The van der Waals surface area contributed by atoms with Gasteiger partial charge in [-0.1, -0.05) is 12.1 Å². The molecule has 2 rings (SSSR count). The number of carbonyl (C=O) groups excluding carboxylic acids is 3. The predicted molar refractivity (Wildman–Crippen MR) is 143 cm³/mol. The fraction of sp³-hybridized carbons (Fsp3) is 0.520. The van der Waals surface area contributed by atoms with Crippen LogP contribution in [0.1, 0.15) is 29.3 Å². The molecule has 0 saturated carbocycles. The van der Waals surface area contributed by atoms with Crippen LogP contribution >= 0.6 is 0 Å². The minimum Gasteiger partial charge on any atom is -0.480 e. The lowest BCUT2D eigenvalue weighted by molar-refractivity contribution is -0.142. The summed E-state index contributed by atoms with van der Waals surface area (Å²) in [6.07, 6.45) is 0.441. The molecule has 0 aromatic heterocycles. The third kappa shape index (κ3) is 11.9. The van der Waals surface area contributed by atoms with Crippen molar-refractivity contribution in [2.24, 2.45) is 5.73 Å². The van der Waals surface area contributed by atoms with Gasteiger partial charge in [-0.3, -0.25) is 44.0 Å². The molecule has 1 aromatic carbocycles. The van der Waals surface area contributed by atoms with Crippen LogP contribution in [0.25, 0.3) is 0 Å². The normalized spacial score (nSPS) is 16.7. The highest BCUT2D eigenvalue weighted by Crippen LogP contribution is 2.15. The van der Waals surface area contributed by atoms with E-state index in [1.165, 1.54) is 9.91 Å². The molecular weight excluding hydrogens is 542 g/mol. The van der Waals surface area contributed by atoms with Crippen molar-refractivity contribution in [1.82, 2.24) is 30.9 Å². The van der Waals surface area contributed by atoms with E-state index in [9.17, 15) is 28.8 Å². The number of nitrogens with two attached hydrogens (primary N) is 1. The quantitative estimate of drug-likeness (QED) is 0.0881. The van der Waals surface area contributed by atoms with Gasteiger partial charge in [0.05, 0.1) is 38.3 Å². The molecule has 3 amide bonds. The molecule has 0 radical (unpaired) electrons. The van der Waals surface area contributed by atoms with Crippen molar-refractivity contribution in [3.8, 4) is 0 Å². The molecule has 2 atom stereocenters. The van der Waals surface area contributed by atoms with Crippen LogP contribution in [0.2, 0.25) is 0 Å². The third-order valence-electron chi connectivity index (χ3n) is 6.22. The van der Waals surface area contributed by atoms with Gasteiger partial charge in [-0.15, -0.1) is 0 Å². The van der Waals surface area contributed by atoms with Gasteiger partial charge < -0.3 is 31.7 Å². The lowest BCUT2D eigenvalue weighted by Gasteiger charge is -2.25. The summed E-state index contributed by atoms with van der Waals surface area (Å²) in [5.74, 6) is -4.62. The van der Waals surface area contributed by atoms with Gasteiger partial charge in [0.25, 0.3) is 11.8 Å². The number of amides is 3. The second-order valence-corrected chi connectivity index (χ2v) is 9.66. The summed E-state index contributed by atoms with van der Waals surface area (Å²) in [5.41, 5.74) is 9.32. The molecule has 1 aliphatic heterocycles. The molecule has 1 unspecified atom stereocenters. The SMILES string of the molecule is CC1C[C@@H](N)C(=O)N1NC(=O)c1ccc(CNC(=O)CN(CCNCC(=O)O)CCN(CC(=O)O)CC(=O)O)cc1. The molecule has 226 valence electrons. The lowest BCUT2D eigenvalue weighted by atomic mass is 10.1. The van der Waals surface area contributed by atoms with Crippen molar-refractivity contribution in [3.63, 3.8) is 0 Å². The number of aliphatic carboxylic acids is 3. The third-order valence-corrected chi connectivity index (χ3v) is 6.22. The summed E-state index contributed by atoms with van der Waals surface area (Å²) in [4.78, 5) is 73.0. The van der Waals surface area contributed by atoms with Crippen molar-refractivity contribution in [3.05, 3.63) is 35.4 Å². The summed E-state index contributed by atoms with van der Waals surface area (Å²) in [5, 5.41) is 33.5. The number of benzene rings is 1. The number of hydrogen-bond donors (Lipinski definition) is 7. The first-order valence-corrected chi connectivity index (χ1v) is 12.9. The van der Waals surface area contributed by atoms with E-state index in [1.807, 2.05) is 0 Å². The summed E-state index contributed by atoms with van der Waals surface area (Å²) >= 11 is 0. The molecule has 1 heterocycles. The molecular formula is C25H37N7O9. The topological polar surface area (TPSA) is 235 Å². The molecule has 1 aliphatic rings. The molecule has 16 heteroatoms. The van der Waals surface area contributed by atoms with Gasteiger partial charge in [-0.05, 0) is 31.0 Å². The summed E-state index contributed by atoms with van der Waals surface area (Å²) in [6, 6.07) is 5.55. The molecule has 1 fully saturated rings. The minimum absolute atomic E-state index is 0.0576. The number of rotatable bonds is 18. The smallest absolute Gasteiger partial charge is 0.317 e. The zero-order chi connectivity index (χ0) is 30.5. The predicted octanol–water partition coefficient (Wildman–Crippen LogP) is -2.66. The molecule has 8 N–H and O–H groups in total. The summed E-state index contributed by atoms with van der Waals surface area (Å²) in [7, 11) is 0. The van der Waals surface area contributed by atoms with Crippen molar-refractivity contribution in [2.45, 2.75) is 32.0 Å². The first-order chi connectivity index (χ1) is 19.3. The average Bonchev–Trinajstić information content (AvgIpc) is 3.13. The number of hydrazine groups is 1. The van der Waals surface area contributed by atoms with Gasteiger partial charge in [-0.2, -0.15) is 0 Å². The highest BCUT2D eigenvalue weighted by atomic mass is 16.4. The molecule has 41 heavy (non-hydrogen) atoms. The van der Waals surface area contributed by atoms with E-state index in [-0.39, 0.29) is 63.7 Å². The van der Waals surface area contributed by atoms with Crippen molar-refractivity contribution < 1.29 is 44.1 Å². The van der Waals surface area contributed by atoms with Crippen LogP contribution in [0.15, 0.2) is 24.3 Å². The Morgan fingerprint density at radius 1 is 0.927 bits per heavy atom. The number of carboxylic acid groups (broad SMARTS) is 3. The molecule has 0 aliphatic carbocycles. The van der Waals surface area contributed by atoms with Crippen LogP contribution < -0.4 is 21.8 Å². The van der Waals surface area contributed by atoms with Crippen molar-refractivity contribution >= 4 is 35.6 Å². The number of nitrogens with one attached hydrogen (secondary N) is 3. The van der Waals surface area contributed by atoms with Gasteiger partial charge in [0.1, 0.15) is 0 Å². The van der Waals surface area contributed by atoms with Gasteiger partial charge in [0.2, 0.25) is 5.91 Å². The molecule has 0 spiro atoms. The average molecular weight is 580 g/mol. The highest BCUT2D eigenvalue weighted by Gasteiger charge is 2.36. The molecule has 16 nitrogen and oxygen atoms in total. The van der Waals surface area contributed by atoms with Crippen molar-refractivity contribution in [1.29, 1.82) is 0 Å². The minimum atomic E-state index is -1.19. The van der Waals surface area contributed by atoms with Crippen LogP contribution in [-0.2, 0) is 30.5 Å². The summed E-state index contributed by atoms with van der Waals surface area (Å²) < 4.78 is 0. The molecule has 1 aromatic rings. The van der Waals surface area contributed by atoms with E-state index in [0.717, 1.165) is 0 Å². The second kappa shape index (κ2) is 16.2. The van der Waals surface area contributed by atoms with E-state index < -0.39 is 42.9 Å². The zero-order valence-corrected chi connectivity index (χ0v) is 22.7. The second-order valence-electron chi connectivity index (χ2n) is 9.66. The van der Waals surface area contributed by atoms with Crippen LogP contribution in [0, 0.1) is 0 Å². The molecule has 0 bridgehead atoms. The van der Waals surface area contributed by atoms with Crippen LogP contribution in [0.3, 0.4) is 0 Å². The lowest BCUT2D eigenvalue weighted by Crippen LogP contribution is -2.48. The van der Waals surface area contributed by atoms with E-state index >= 15 is 0 Å². The fourth-order valence-corrected chi connectivity index (χ4v) is 4.12. The Morgan fingerprint density at radius 3 is 2.07 bits per heavy atom. The zero-order valence-electron chi connectivity index (χ0n) is 22.7. The number of carboxylic acids is 3. The van der Waals surface area contributed by atoms with Crippen LogP contribution in [0.4, 0.5) is 0 Å². The van der Waals surface area contributed by atoms with Gasteiger partial charge in [0.15, 0.2) is 0 Å². The van der Waals surface area contributed by atoms with E-state index in [0.29, 0.717) is 17.5 Å². The standard InChI is InChI=1S/C25H37N7O9/c1-16-10-19(26)25(41)32(16)29-24(40)18-4-2-17(3-5-18)11-28-20(33)13-30(7-6-27-12-21(34)35)8-9-31(14-22(36)37)15-23(38)39/h2-5,16,19,27H,6-15,26H2,1H3,(H,28,33)(H,29,40)(H,34,35)(H,36,37)(H,38,39)/t16?,19-/m1/s1. The Labute approximate surface area is 236 Å². The van der Waals surface area contributed by atoms with Gasteiger partial charge in [0, 0.05) is 38.3 Å². The largest absolute Gasteiger partial charge is 0.480 e. The Balaban J connectivity index is 1.90. The van der Waals surface area contributed by atoms with Gasteiger partial charge in [-0.25, -0.2) is 5.01 Å². The Hall–Kier alpha value is -4.12. The first kappa shape index (κ1) is 33.1. The summed E-state index contributed by atoms with van der Waals surface area (Å²) in [6.45, 7) is 1.27. The van der Waals surface area contributed by atoms with Gasteiger partial charge >= 0.3 is 17.9 Å². The Kier molecular flexibility index (Phi) is 13.1.